The molecule has 0 spiro atoms. The average molecular weight is 448 g/mol. The molecule has 3 aromatic carbocycles. The molecular weight excluding hydrogens is 425 g/mol. The monoisotopic (exact) mass is 447 g/mol. The number of hydrogen-bond donors (Lipinski definition) is 0. The number of piperazine rings is 1. The molecule has 5 rings (SSSR count). The van der Waals surface area contributed by atoms with E-state index in [9.17, 15) is 9.18 Å². The molecule has 0 amide bonds. The molecule has 32 heavy (non-hydrogen) atoms. The quantitative estimate of drug-likeness (QED) is 0.395. The predicted molar refractivity (Wildman–Crippen MR) is 130 cm³/mol. The lowest BCUT2D eigenvalue weighted by atomic mass is 9.99. The molecule has 0 atom stereocenters. The van der Waals surface area contributed by atoms with Gasteiger partial charge >= 0.3 is 0 Å². The SMILES string of the molecule is Cl.O=C(c1ccccc1)c1cnc2ccc(F)cc2c1N1CCN(c2ccccc2)CC1. The van der Waals surface area contributed by atoms with Gasteiger partial charge in [-0.1, -0.05) is 48.5 Å². The summed E-state index contributed by atoms with van der Waals surface area (Å²) in [7, 11) is 0. The highest BCUT2D eigenvalue weighted by Crippen LogP contribution is 2.33. The Morgan fingerprint density at radius 3 is 2.12 bits per heavy atom. The lowest BCUT2D eigenvalue weighted by Gasteiger charge is -2.38. The fourth-order valence-electron chi connectivity index (χ4n) is 4.23. The second-order valence-electron chi connectivity index (χ2n) is 7.69. The van der Waals surface area contributed by atoms with Crippen molar-refractivity contribution in [1.29, 1.82) is 0 Å². The zero-order valence-corrected chi connectivity index (χ0v) is 18.3. The molecule has 1 fully saturated rings. The van der Waals surface area contributed by atoms with Crippen LogP contribution in [-0.2, 0) is 0 Å². The van der Waals surface area contributed by atoms with Crippen molar-refractivity contribution >= 4 is 40.5 Å². The molecule has 1 saturated heterocycles. The third kappa shape index (κ3) is 4.16. The smallest absolute Gasteiger partial charge is 0.196 e. The Labute approximate surface area is 192 Å². The maximum Gasteiger partial charge on any atom is 0.196 e. The third-order valence-electron chi connectivity index (χ3n) is 5.80. The first kappa shape index (κ1) is 21.8. The number of aromatic nitrogens is 1. The van der Waals surface area contributed by atoms with Gasteiger partial charge in [0.1, 0.15) is 5.82 Å². The van der Waals surface area contributed by atoms with Crippen molar-refractivity contribution in [2.75, 3.05) is 36.0 Å². The number of benzene rings is 3. The third-order valence-corrected chi connectivity index (χ3v) is 5.80. The van der Waals surface area contributed by atoms with Gasteiger partial charge in [-0.3, -0.25) is 9.78 Å². The zero-order valence-electron chi connectivity index (χ0n) is 17.4. The molecule has 1 aliphatic rings. The number of anilines is 2. The van der Waals surface area contributed by atoms with Crippen LogP contribution >= 0.6 is 12.4 Å². The van der Waals surface area contributed by atoms with Crippen molar-refractivity contribution in [1.82, 2.24) is 4.98 Å². The van der Waals surface area contributed by atoms with Crippen LogP contribution in [0.15, 0.2) is 85.1 Å². The molecule has 0 radical (unpaired) electrons. The number of nitrogens with zero attached hydrogens (tertiary/aromatic N) is 3. The highest BCUT2D eigenvalue weighted by Gasteiger charge is 2.25. The number of ketones is 1. The van der Waals surface area contributed by atoms with Gasteiger partial charge in [0.25, 0.3) is 0 Å². The highest BCUT2D eigenvalue weighted by molar-refractivity contribution is 6.16. The largest absolute Gasteiger partial charge is 0.368 e. The van der Waals surface area contributed by atoms with Crippen LogP contribution in [0.25, 0.3) is 10.9 Å². The molecule has 1 aliphatic heterocycles. The van der Waals surface area contributed by atoms with Crippen LogP contribution in [0.2, 0.25) is 0 Å². The van der Waals surface area contributed by atoms with Gasteiger partial charge < -0.3 is 9.80 Å². The van der Waals surface area contributed by atoms with Gasteiger partial charge in [-0.2, -0.15) is 0 Å². The topological polar surface area (TPSA) is 36.4 Å². The van der Waals surface area contributed by atoms with E-state index in [0.29, 0.717) is 22.0 Å². The number of para-hydroxylation sites is 1. The van der Waals surface area contributed by atoms with Crippen LogP contribution in [-0.4, -0.2) is 36.9 Å². The number of fused-ring (bicyclic) bond motifs is 1. The van der Waals surface area contributed by atoms with Crippen LogP contribution in [0.5, 0.6) is 0 Å². The molecule has 0 unspecified atom stereocenters. The van der Waals surface area contributed by atoms with Gasteiger partial charge in [0, 0.05) is 49.0 Å². The van der Waals surface area contributed by atoms with Gasteiger partial charge in [0.15, 0.2) is 5.78 Å². The summed E-state index contributed by atoms with van der Waals surface area (Å²) in [6.07, 6.45) is 1.63. The summed E-state index contributed by atoms with van der Waals surface area (Å²) in [6, 6.07) is 24.1. The molecule has 2 heterocycles. The first-order valence-electron chi connectivity index (χ1n) is 10.4. The second kappa shape index (κ2) is 9.37. The molecule has 4 nitrogen and oxygen atoms in total. The van der Waals surface area contributed by atoms with Crippen molar-refractivity contribution in [3.8, 4) is 0 Å². The van der Waals surface area contributed by atoms with Crippen LogP contribution in [0, 0.1) is 5.82 Å². The fourth-order valence-corrected chi connectivity index (χ4v) is 4.23. The molecule has 1 aromatic heterocycles. The van der Waals surface area contributed by atoms with Gasteiger partial charge in [0.2, 0.25) is 0 Å². The number of carbonyl (C=O) groups is 1. The summed E-state index contributed by atoms with van der Waals surface area (Å²) < 4.78 is 14.2. The van der Waals surface area contributed by atoms with E-state index in [1.165, 1.54) is 17.8 Å². The van der Waals surface area contributed by atoms with Crippen molar-refractivity contribution in [2.24, 2.45) is 0 Å². The van der Waals surface area contributed by atoms with E-state index in [1.807, 2.05) is 36.4 Å². The van der Waals surface area contributed by atoms with Crippen LogP contribution in [0.4, 0.5) is 15.8 Å². The number of carbonyl (C=O) groups excluding carboxylic acids is 1. The van der Waals surface area contributed by atoms with E-state index >= 15 is 0 Å². The molecule has 0 aliphatic carbocycles. The number of hydrogen-bond acceptors (Lipinski definition) is 4. The van der Waals surface area contributed by atoms with Gasteiger partial charge in [-0.05, 0) is 30.3 Å². The van der Waals surface area contributed by atoms with Crippen LogP contribution < -0.4 is 9.80 Å². The summed E-state index contributed by atoms with van der Waals surface area (Å²) >= 11 is 0. The van der Waals surface area contributed by atoms with E-state index < -0.39 is 0 Å². The number of rotatable bonds is 4. The minimum atomic E-state index is -0.331. The lowest BCUT2D eigenvalue weighted by molar-refractivity contribution is 0.103. The van der Waals surface area contributed by atoms with E-state index in [0.717, 1.165) is 31.9 Å². The minimum absolute atomic E-state index is 0. The fraction of sp³-hybridized carbons (Fsp3) is 0.154. The summed E-state index contributed by atoms with van der Waals surface area (Å²) in [5.74, 6) is -0.428. The highest BCUT2D eigenvalue weighted by atomic mass is 35.5. The van der Waals surface area contributed by atoms with E-state index in [4.69, 9.17) is 0 Å². The Balaban J connectivity index is 0.00000245. The Hall–Kier alpha value is -3.44. The van der Waals surface area contributed by atoms with Crippen molar-refractivity contribution in [2.45, 2.75) is 0 Å². The average Bonchev–Trinajstić information content (AvgIpc) is 2.84. The minimum Gasteiger partial charge on any atom is -0.368 e. The second-order valence-corrected chi connectivity index (χ2v) is 7.69. The maximum atomic E-state index is 14.2. The van der Waals surface area contributed by atoms with Crippen LogP contribution in [0.3, 0.4) is 0 Å². The van der Waals surface area contributed by atoms with Crippen molar-refractivity contribution in [3.63, 3.8) is 0 Å². The van der Waals surface area contributed by atoms with E-state index in [2.05, 4.69) is 26.9 Å². The first-order chi connectivity index (χ1) is 15.2. The van der Waals surface area contributed by atoms with E-state index in [1.54, 1.807) is 24.4 Å². The molecule has 4 aromatic rings. The van der Waals surface area contributed by atoms with Crippen LogP contribution in [0.1, 0.15) is 15.9 Å². The standard InChI is InChI=1S/C26H22FN3O.ClH/c27-20-11-12-24-22(17-20)25(23(18-28-24)26(31)19-7-3-1-4-8-19)30-15-13-29(14-16-30)21-9-5-2-6-10-21;/h1-12,17-18H,13-16H2;1H. The van der Waals surface area contributed by atoms with Gasteiger partial charge in [-0.25, -0.2) is 4.39 Å². The maximum absolute atomic E-state index is 14.2. The Bertz CT molecular complexity index is 1230. The summed E-state index contributed by atoms with van der Waals surface area (Å²) in [6.45, 7) is 3.11. The summed E-state index contributed by atoms with van der Waals surface area (Å²) in [5, 5.41) is 0.676. The van der Waals surface area contributed by atoms with Gasteiger partial charge in [-0.15, -0.1) is 12.4 Å². The molecular formula is C26H23ClFN3O. The van der Waals surface area contributed by atoms with Gasteiger partial charge in [0.05, 0.1) is 16.8 Å². The van der Waals surface area contributed by atoms with E-state index in [-0.39, 0.29) is 24.0 Å². The molecule has 0 bridgehead atoms. The Kier molecular flexibility index (Phi) is 6.37. The lowest BCUT2D eigenvalue weighted by Crippen LogP contribution is -2.47. The summed E-state index contributed by atoms with van der Waals surface area (Å²) in [4.78, 5) is 22.3. The first-order valence-corrected chi connectivity index (χ1v) is 10.4. The normalized spacial score (nSPS) is 13.7. The molecule has 0 saturated carbocycles. The number of halogens is 2. The Morgan fingerprint density at radius 2 is 1.44 bits per heavy atom. The van der Waals surface area contributed by atoms with Crippen molar-refractivity contribution in [3.05, 3.63) is 102 Å². The Morgan fingerprint density at radius 1 is 0.812 bits per heavy atom. The number of pyridine rings is 1. The predicted octanol–water partition coefficient (Wildman–Crippen LogP) is 5.35. The molecule has 0 N–H and O–H groups in total. The molecule has 162 valence electrons. The zero-order chi connectivity index (χ0) is 21.2. The molecule has 6 heteroatoms. The summed E-state index contributed by atoms with van der Waals surface area (Å²) in [5.41, 5.74) is 3.76. The van der Waals surface area contributed by atoms with Crippen molar-refractivity contribution < 1.29 is 9.18 Å².